The number of halogens is 1. The first kappa shape index (κ1) is 18.5. The number of thiophene rings is 2. The molecule has 1 atom stereocenters. The number of carbonyl (C=O) groups is 1. The van der Waals surface area contributed by atoms with Crippen LogP contribution in [0.25, 0.3) is 0 Å². The standard InChI is InChI=1S/C17H13ClN2O4S2/c18-14-7-11(20(23)24)1-3-13(14)17(22)19-8-12-2-4-15(26-12)16(21)10-5-6-25-9-10/h1-7,9,16,21H,8H2,(H,19,22). The van der Waals surface area contributed by atoms with Crippen LogP contribution in [0.5, 0.6) is 0 Å². The molecule has 26 heavy (non-hydrogen) atoms. The molecule has 1 unspecified atom stereocenters. The van der Waals surface area contributed by atoms with E-state index in [2.05, 4.69) is 5.32 Å². The van der Waals surface area contributed by atoms with E-state index < -0.39 is 16.9 Å². The van der Waals surface area contributed by atoms with Gasteiger partial charge in [0.15, 0.2) is 0 Å². The zero-order chi connectivity index (χ0) is 18.7. The van der Waals surface area contributed by atoms with Crippen LogP contribution >= 0.6 is 34.3 Å². The molecule has 0 aliphatic heterocycles. The average molecular weight is 409 g/mol. The molecule has 0 fully saturated rings. The maximum atomic E-state index is 12.2. The summed E-state index contributed by atoms with van der Waals surface area (Å²) >= 11 is 8.88. The van der Waals surface area contributed by atoms with Crippen LogP contribution < -0.4 is 5.32 Å². The third kappa shape index (κ3) is 4.10. The SMILES string of the molecule is O=C(NCc1ccc(C(O)c2ccsc2)s1)c1ccc([N+](=O)[O-])cc1Cl. The highest BCUT2D eigenvalue weighted by Gasteiger charge is 2.16. The second-order valence-electron chi connectivity index (χ2n) is 5.37. The van der Waals surface area contributed by atoms with Crippen molar-refractivity contribution in [2.75, 3.05) is 0 Å². The fourth-order valence-corrected chi connectivity index (χ4v) is 4.20. The van der Waals surface area contributed by atoms with Crippen LogP contribution in [0, 0.1) is 10.1 Å². The van der Waals surface area contributed by atoms with Gasteiger partial charge in [-0.3, -0.25) is 14.9 Å². The van der Waals surface area contributed by atoms with Crippen molar-refractivity contribution in [3.05, 3.63) is 83.2 Å². The molecule has 0 spiro atoms. The van der Waals surface area contributed by atoms with Crippen LogP contribution in [0.15, 0.2) is 47.2 Å². The number of aliphatic hydroxyl groups excluding tert-OH is 1. The molecule has 0 radical (unpaired) electrons. The van der Waals surface area contributed by atoms with Gasteiger partial charge in [-0.25, -0.2) is 0 Å². The van der Waals surface area contributed by atoms with Gasteiger partial charge in [-0.2, -0.15) is 11.3 Å². The number of hydrogen-bond acceptors (Lipinski definition) is 6. The third-order valence-corrected chi connectivity index (χ3v) is 5.79. The highest BCUT2D eigenvalue weighted by molar-refractivity contribution is 7.12. The molecule has 0 aliphatic carbocycles. The molecule has 134 valence electrons. The summed E-state index contributed by atoms with van der Waals surface area (Å²) in [5.41, 5.74) is 0.842. The Morgan fingerprint density at radius 1 is 1.31 bits per heavy atom. The normalized spacial score (nSPS) is 11.9. The Morgan fingerprint density at radius 2 is 2.12 bits per heavy atom. The molecule has 0 aliphatic rings. The highest BCUT2D eigenvalue weighted by atomic mass is 35.5. The van der Waals surface area contributed by atoms with Crippen molar-refractivity contribution in [2.45, 2.75) is 12.6 Å². The predicted octanol–water partition coefficient (Wildman–Crippen LogP) is 4.38. The van der Waals surface area contributed by atoms with E-state index in [0.717, 1.165) is 21.4 Å². The average Bonchev–Trinajstić information content (AvgIpc) is 3.30. The molecule has 1 amide bonds. The van der Waals surface area contributed by atoms with Gasteiger partial charge < -0.3 is 10.4 Å². The van der Waals surface area contributed by atoms with Crippen LogP contribution in [0.2, 0.25) is 5.02 Å². The maximum absolute atomic E-state index is 12.2. The van der Waals surface area contributed by atoms with Crippen molar-refractivity contribution in [1.82, 2.24) is 5.32 Å². The van der Waals surface area contributed by atoms with Crippen molar-refractivity contribution in [3.8, 4) is 0 Å². The van der Waals surface area contributed by atoms with Gasteiger partial charge in [-0.05, 0) is 40.6 Å². The second kappa shape index (κ2) is 7.96. The number of hydrogen-bond donors (Lipinski definition) is 2. The largest absolute Gasteiger partial charge is 0.383 e. The summed E-state index contributed by atoms with van der Waals surface area (Å²) in [7, 11) is 0. The van der Waals surface area contributed by atoms with E-state index in [-0.39, 0.29) is 22.8 Å². The van der Waals surface area contributed by atoms with Gasteiger partial charge >= 0.3 is 0 Å². The molecule has 1 aromatic carbocycles. The summed E-state index contributed by atoms with van der Waals surface area (Å²) < 4.78 is 0. The molecule has 2 N–H and O–H groups in total. The lowest BCUT2D eigenvalue weighted by atomic mass is 10.2. The number of nitrogens with one attached hydrogen (secondary N) is 1. The van der Waals surface area contributed by atoms with Crippen molar-refractivity contribution in [3.63, 3.8) is 0 Å². The van der Waals surface area contributed by atoms with Gasteiger partial charge in [-0.15, -0.1) is 11.3 Å². The van der Waals surface area contributed by atoms with Crippen LogP contribution in [0.1, 0.15) is 31.8 Å². The Hall–Kier alpha value is -2.26. The number of nitro groups is 1. The molecule has 0 bridgehead atoms. The van der Waals surface area contributed by atoms with Crippen molar-refractivity contribution < 1.29 is 14.8 Å². The number of carbonyl (C=O) groups excluding carboxylic acids is 1. The summed E-state index contributed by atoms with van der Waals surface area (Å²) in [5, 5.41) is 27.6. The lowest BCUT2D eigenvalue weighted by molar-refractivity contribution is -0.384. The molecular weight excluding hydrogens is 396 g/mol. The number of amides is 1. The minimum atomic E-state index is -0.681. The quantitative estimate of drug-likeness (QED) is 0.467. The summed E-state index contributed by atoms with van der Waals surface area (Å²) in [6, 6.07) is 9.25. The molecule has 2 aromatic heterocycles. The Labute approximate surface area is 161 Å². The molecular formula is C17H13ClN2O4S2. The van der Waals surface area contributed by atoms with E-state index in [9.17, 15) is 20.0 Å². The molecule has 3 aromatic rings. The first-order valence-corrected chi connectivity index (χ1v) is 9.60. The zero-order valence-electron chi connectivity index (χ0n) is 13.2. The Kier molecular flexibility index (Phi) is 5.67. The smallest absolute Gasteiger partial charge is 0.270 e. The van der Waals surface area contributed by atoms with Crippen molar-refractivity contribution >= 4 is 45.9 Å². The van der Waals surface area contributed by atoms with Gasteiger partial charge in [0.25, 0.3) is 11.6 Å². The molecule has 3 rings (SSSR count). The van der Waals surface area contributed by atoms with Crippen molar-refractivity contribution in [2.24, 2.45) is 0 Å². The van der Waals surface area contributed by atoms with E-state index in [1.54, 1.807) is 0 Å². The Bertz CT molecular complexity index is 940. The second-order valence-corrected chi connectivity index (χ2v) is 7.75. The topological polar surface area (TPSA) is 92.5 Å². The maximum Gasteiger partial charge on any atom is 0.270 e. The zero-order valence-corrected chi connectivity index (χ0v) is 15.6. The number of non-ortho nitro benzene ring substituents is 1. The molecule has 0 saturated carbocycles. The Balaban J connectivity index is 1.64. The fraction of sp³-hybridized carbons (Fsp3) is 0.118. The third-order valence-electron chi connectivity index (χ3n) is 3.64. The van der Waals surface area contributed by atoms with Crippen LogP contribution in [0.3, 0.4) is 0 Å². The van der Waals surface area contributed by atoms with E-state index >= 15 is 0 Å². The van der Waals surface area contributed by atoms with Crippen LogP contribution in [-0.4, -0.2) is 15.9 Å². The van der Waals surface area contributed by atoms with E-state index in [0.29, 0.717) is 0 Å². The first-order chi connectivity index (χ1) is 12.5. The first-order valence-electron chi connectivity index (χ1n) is 7.46. The van der Waals surface area contributed by atoms with Gasteiger partial charge in [0.1, 0.15) is 6.10 Å². The van der Waals surface area contributed by atoms with Gasteiger partial charge in [-0.1, -0.05) is 11.6 Å². The number of aliphatic hydroxyl groups is 1. The summed E-state index contributed by atoms with van der Waals surface area (Å²) in [5.74, 6) is -0.418. The number of rotatable bonds is 6. The van der Waals surface area contributed by atoms with Crippen LogP contribution in [0.4, 0.5) is 5.69 Å². The lowest BCUT2D eigenvalue weighted by Crippen LogP contribution is -2.22. The fourth-order valence-electron chi connectivity index (χ4n) is 2.30. The minimum absolute atomic E-state index is 0.0245. The van der Waals surface area contributed by atoms with Crippen molar-refractivity contribution in [1.29, 1.82) is 0 Å². The summed E-state index contributed by atoms with van der Waals surface area (Å²) in [4.78, 5) is 24.1. The molecule has 6 nitrogen and oxygen atoms in total. The van der Waals surface area contributed by atoms with Crippen LogP contribution in [-0.2, 0) is 6.54 Å². The van der Waals surface area contributed by atoms with E-state index in [1.165, 1.54) is 34.8 Å². The van der Waals surface area contributed by atoms with Gasteiger partial charge in [0, 0.05) is 21.9 Å². The van der Waals surface area contributed by atoms with E-state index in [4.69, 9.17) is 11.6 Å². The highest BCUT2D eigenvalue weighted by Crippen LogP contribution is 2.29. The minimum Gasteiger partial charge on any atom is -0.383 e. The van der Waals surface area contributed by atoms with Gasteiger partial charge in [0.05, 0.1) is 22.1 Å². The predicted molar refractivity (Wildman–Crippen MR) is 102 cm³/mol. The lowest BCUT2D eigenvalue weighted by Gasteiger charge is -2.06. The summed E-state index contributed by atoms with van der Waals surface area (Å²) in [6.07, 6.45) is -0.681. The van der Waals surface area contributed by atoms with Gasteiger partial charge in [0.2, 0.25) is 0 Å². The molecule has 0 saturated heterocycles. The van der Waals surface area contributed by atoms with E-state index in [1.807, 2.05) is 29.0 Å². The summed E-state index contributed by atoms with van der Waals surface area (Å²) in [6.45, 7) is 0.271. The monoisotopic (exact) mass is 408 g/mol. The number of nitrogens with zero attached hydrogens (tertiary/aromatic N) is 1. The number of nitro benzene ring substituents is 1. The Morgan fingerprint density at radius 3 is 2.77 bits per heavy atom. The molecule has 9 heteroatoms. The number of benzene rings is 1. The molecule has 2 heterocycles.